The highest BCUT2D eigenvalue weighted by Gasteiger charge is 2.11. The third-order valence-corrected chi connectivity index (χ3v) is 1.31. The molecule has 4 heteroatoms. The molecule has 62 valence electrons. The van der Waals surface area contributed by atoms with Crippen LogP contribution in [0.3, 0.4) is 0 Å². The number of methoxy groups -OCH3 is 1. The molecule has 0 aliphatic carbocycles. The Hall–Kier alpha value is -1.08. The lowest BCUT2D eigenvalue weighted by molar-refractivity contribution is -0.142. The van der Waals surface area contributed by atoms with Crippen LogP contribution in [-0.2, 0) is 9.53 Å². The number of unbranched alkanes of at least 4 members (excludes halogenated alkanes) is 1. The largest absolute Gasteiger partial charge is 0.468 e. The Morgan fingerprint density at radius 1 is 1.82 bits per heavy atom. The molecule has 0 saturated carbocycles. The molecule has 0 radical (unpaired) electrons. The SMILES string of the molecule is COC(=O)[C@@H](N)CCCC#N. The number of hydrogen-bond acceptors (Lipinski definition) is 4. The molecule has 0 rings (SSSR count). The molecule has 11 heavy (non-hydrogen) atoms. The molecule has 0 saturated heterocycles. The molecule has 0 fully saturated rings. The predicted octanol–water partition coefficient (Wildman–Crippen LogP) is 0.181. The van der Waals surface area contributed by atoms with Crippen LogP contribution in [0.2, 0.25) is 0 Å². The van der Waals surface area contributed by atoms with Gasteiger partial charge in [-0.05, 0) is 12.8 Å². The van der Waals surface area contributed by atoms with E-state index < -0.39 is 12.0 Å². The average molecular weight is 156 g/mol. The summed E-state index contributed by atoms with van der Waals surface area (Å²) in [5, 5.41) is 8.17. The summed E-state index contributed by atoms with van der Waals surface area (Å²) in [6.45, 7) is 0. The minimum atomic E-state index is -0.576. The Morgan fingerprint density at radius 3 is 2.91 bits per heavy atom. The van der Waals surface area contributed by atoms with Gasteiger partial charge in [-0.25, -0.2) is 0 Å². The number of hydrogen-bond donors (Lipinski definition) is 1. The van der Waals surface area contributed by atoms with E-state index in [1.165, 1.54) is 7.11 Å². The highest BCUT2D eigenvalue weighted by atomic mass is 16.5. The molecule has 0 aliphatic heterocycles. The van der Waals surface area contributed by atoms with Crippen molar-refractivity contribution >= 4 is 5.97 Å². The second-order valence-corrected chi connectivity index (χ2v) is 2.18. The quantitative estimate of drug-likeness (QED) is 0.465. The smallest absolute Gasteiger partial charge is 0.322 e. The Balaban J connectivity index is 3.45. The summed E-state index contributed by atoms with van der Waals surface area (Å²) in [5.41, 5.74) is 5.38. The third-order valence-electron chi connectivity index (χ3n) is 1.31. The number of nitrogens with two attached hydrogens (primary N) is 1. The minimum absolute atomic E-state index is 0.414. The van der Waals surface area contributed by atoms with Gasteiger partial charge in [-0.3, -0.25) is 4.79 Å². The fraction of sp³-hybridized carbons (Fsp3) is 0.714. The van der Waals surface area contributed by atoms with Crippen molar-refractivity contribution in [3.05, 3.63) is 0 Å². The van der Waals surface area contributed by atoms with Gasteiger partial charge in [-0.15, -0.1) is 0 Å². The second kappa shape index (κ2) is 5.69. The van der Waals surface area contributed by atoms with Crippen LogP contribution < -0.4 is 5.73 Å². The van der Waals surface area contributed by atoms with E-state index in [2.05, 4.69) is 4.74 Å². The van der Waals surface area contributed by atoms with Crippen LogP contribution in [0.1, 0.15) is 19.3 Å². The van der Waals surface area contributed by atoms with Crippen LogP contribution >= 0.6 is 0 Å². The van der Waals surface area contributed by atoms with Gasteiger partial charge in [0.05, 0.1) is 13.2 Å². The Bertz CT molecular complexity index is 162. The monoisotopic (exact) mass is 156 g/mol. The van der Waals surface area contributed by atoms with Gasteiger partial charge in [0.2, 0.25) is 0 Å². The van der Waals surface area contributed by atoms with Gasteiger partial charge in [0.1, 0.15) is 6.04 Å². The predicted molar refractivity (Wildman–Crippen MR) is 39.5 cm³/mol. The van der Waals surface area contributed by atoms with Gasteiger partial charge in [0.15, 0.2) is 0 Å². The highest BCUT2D eigenvalue weighted by Crippen LogP contribution is 1.98. The Morgan fingerprint density at radius 2 is 2.45 bits per heavy atom. The van der Waals surface area contributed by atoms with Gasteiger partial charge < -0.3 is 10.5 Å². The fourth-order valence-electron chi connectivity index (χ4n) is 0.670. The van der Waals surface area contributed by atoms with Crippen LogP contribution in [0, 0.1) is 11.3 Å². The summed E-state index contributed by atoms with van der Waals surface area (Å²) >= 11 is 0. The third kappa shape index (κ3) is 4.34. The molecule has 0 amide bonds. The fourth-order valence-corrected chi connectivity index (χ4v) is 0.670. The zero-order valence-electron chi connectivity index (χ0n) is 6.54. The summed E-state index contributed by atoms with van der Waals surface area (Å²) in [4.78, 5) is 10.7. The molecule has 0 aromatic carbocycles. The number of nitriles is 1. The lowest BCUT2D eigenvalue weighted by Crippen LogP contribution is -2.31. The number of nitrogens with zero attached hydrogens (tertiary/aromatic N) is 1. The van der Waals surface area contributed by atoms with Crippen LogP contribution in [0.4, 0.5) is 0 Å². The Kier molecular flexibility index (Phi) is 5.13. The molecule has 0 aliphatic rings. The van der Waals surface area contributed by atoms with E-state index in [-0.39, 0.29) is 0 Å². The maximum atomic E-state index is 10.7. The number of carbonyl (C=O) groups excluding carboxylic acids is 1. The Labute approximate surface area is 65.9 Å². The molecule has 4 nitrogen and oxygen atoms in total. The normalized spacial score (nSPS) is 11.7. The first-order valence-electron chi connectivity index (χ1n) is 3.42. The summed E-state index contributed by atoms with van der Waals surface area (Å²) in [6, 6.07) is 1.40. The lowest BCUT2D eigenvalue weighted by Gasteiger charge is -2.06. The van der Waals surface area contributed by atoms with Gasteiger partial charge in [0.25, 0.3) is 0 Å². The molecular weight excluding hydrogens is 144 g/mol. The van der Waals surface area contributed by atoms with Gasteiger partial charge in [0, 0.05) is 6.42 Å². The van der Waals surface area contributed by atoms with Crippen molar-refractivity contribution in [3.63, 3.8) is 0 Å². The van der Waals surface area contributed by atoms with Crippen LogP contribution in [0.15, 0.2) is 0 Å². The van der Waals surface area contributed by atoms with E-state index in [9.17, 15) is 4.79 Å². The van der Waals surface area contributed by atoms with Crippen molar-refractivity contribution in [3.8, 4) is 6.07 Å². The van der Waals surface area contributed by atoms with E-state index in [1.807, 2.05) is 6.07 Å². The molecule has 0 heterocycles. The molecule has 1 atom stereocenters. The summed E-state index contributed by atoms with van der Waals surface area (Å²) in [6.07, 6.45) is 1.59. The summed E-state index contributed by atoms with van der Waals surface area (Å²) in [5.74, 6) is -0.414. The van der Waals surface area contributed by atoms with Crippen molar-refractivity contribution in [2.24, 2.45) is 5.73 Å². The van der Waals surface area contributed by atoms with Gasteiger partial charge in [-0.2, -0.15) is 5.26 Å². The standard InChI is InChI=1S/C7H12N2O2/c1-11-7(10)6(9)4-2-3-5-8/h6H,2-4,9H2,1H3/t6-/m0/s1. The first-order chi connectivity index (χ1) is 5.22. The molecular formula is C7H12N2O2. The topological polar surface area (TPSA) is 76.1 Å². The highest BCUT2D eigenvalue weighted by molar-refractivity contribution is 5.75. The second-order valence-electron chi connectivity index (χ2n) is 2.18. The molecule has 0 aromatic heterocycles. The molecule has 2 N–H and O–H groups in total. The van der Waals surface area contributed by atoms with Crippen molar-refractivity contribution in [2.75, 3.05) is 7.11 Å². The van der Waals surface area contributed by atoms with Gasteiger partial charge >= 0.3 is 5.97 Å². The molecule has 0 spiro atoms. The molecule has 0 aromatic rings. The van der Waals surface area contributed by atoms with Crippen molar-refractivity contribution in [1.82, 2.24) is 0 Å². The average Bonchev–Trinajstić information content (AvgIpc) is 2.03. The number of rotatable bonds is 4. The zero-order valence-corrected chi connectivity index (χ0v) is 6.54. The van der Waals surface area contributed by atoms with E-state index >= 15 is 0 Å². The lowest BCUT2D eigenvalue weighted by atomic mass is 10.1. The number of esters is 1. The zero-order chi connectivity index (χ0) is 8.69. The van der Waals surface area contributed by atoms with E-state index in [4.69, 9.17) is 11.0 Å². The van der Waals surface area contributed by atoms with E-state index in [0.29, 0.717) is 19.3 Å². The number of carbonyl (C=O) groups is 1. The van der Waals surface area contributed by atoms with Crippen LogP contribution in [-0.4, -0.2) is 19.1 Å². The maximum absolute atomic E-state index is 10.7. The van der Waals surface area contributed by atoms with Crippen LogP contribution in [0.5, 0.6) is 0 Å². The number of ether oxygens (including phenoxy) is 1. The first-order valence-corrected chi connectivity index (χ1v) is 3.42. The van der Waals surface area contributed by atoms with Gasteiger partial charge in [-0.1, -0.05) is 0 Å². The maximum Gasteiger partial charge on any atom is 0.322 e. The minimum Gasteiger partial charge on any atom is -0.468 e. The molecule has 0 unspecified atom stereocenters. The van der Waals surface area contributed by atoms with Crippen molar-refractivity contribution < 1.29 is 9.53 Å². The first kappa shape index (κ1) is 9.92. The van der Waals surface area contributed by atoms with Crippen LogP contribution in [0.25, 0.3) is 0 Å². The van der Waals surface area contributed by atoms with Crippen molar-refractivity contribution in [1.29, 1.82) is 5.26 Å². The summed E-state index contributed by atoms with van der Waals surface area (Å²) < 4.78 is 4.40. The van der Waals surface area contributed by atoms with E-state index in [1.54, 1.807) is 0 Å². The van der Waals surface area contributed by atoms with Crippen molar-refractivity contribution in [2.45, 2.75) is 25.3 Å². The molecule has 0 bridgehead atoms. The summed E-state index contributed by atoms with van der Waals surface area (Å²) in [7, 11) is 1.30. The van der Waals surface area contributed by atoms with E-state index in [0.717, 1.165) is 0 Å².